The van der Waals surface area contributed by atoms with Crippen LogP contribution in [0, 0.1) is 0 Å². The summed E-state index contributed by atoms with van der Waals surface area (Å²) in [6.07, 6.45) is 12.1. The molecule has 1 aliphatic carbocycles. The van der Waals surface area contributed by atoms with Gasteiger partial charge in [0.2, 0.25) is 0 Å². The van der Waals surface area contributed by atoms with Gasteiger partial charge in [-0.15, -0.1) is 0 Å². The van der Waals surface area contributed by atoms with Crippen molar-refractivity contribution in [2.45, 2.75) is 83.6 Å². The number of nitrogens with one attached hydrogen (secondary N) is 1. The van der Waals surface area contributed by atoms with Crippen LogP contribution in [0.3, 0.4) is 0 Å². The third-order valence-electron chi connectivity index (χ3n) is 4.88. The Balaban J connectivity index is 1.96. The summed E-state index contributed by atoms with van der Waals surface area (Å²) >= 11 is 0. The molecule has 1 aliphatic rings. The Bertz CT molecular complexity index is 395. The van der Waals surface area contributed by atoms with E-state index in [1.165, 1.54) is 63.4 Å². The third-order valence-corrected chi connectivity index (χ3v) is 4.88. The van der Waals surface area contributed by atoms with Gasteiger partial charge in [-0.2, -0.15) is 0 Å². The zero-order chi connectivity index (χ0) is 14.9. The molecule has 2 rings (SSSR count). The fraction of sp³-hybridized carbons (Fsp3) is 0.700. The quantitative estimate of drug-likeness (QED) is 0.523. The molecule has 1 unspecified atom stereocenters. The van der Waals surface area contributed by atoms with E-state index >= 15 is 0 Å². The molecule has 1 aromatic rings. The van der Waals surface area contributed by atoms with E-state index < -0.39 is 0 Å². The second kappa shape index (κ2) is 9.25. The van der Waals surface area contributed by atoms with E-state index in [1.54, 1.807) is 5.56 Å². The van der Waals surface area contributed by atoms with Crippen LogP contribution < -0.4 is 5.32 Å². The van der Waals surface area contributed by atoms with Crippen molar-refractivity contribution in [1.29, 1.82) is 0 Å². The fourth-order valence-corrected chi connectivity index (χ4v) is 3.25. The maximum Gasteiger partial charge on any atom is 0.0320 e. The van der Waals surface area contributed by atoms with E-state index in [1.807, 2.05) is 0 Å². The van der Waals surface area contributed by atoms with E-state index in [0.29, 0.717) is 6.04 Å². The number of hydrogen-bond acceptors (Lipinski definition) is 1. The first-order valence-electron chi connectivity index (χ1n) is 9.18. The highest BCUT2D eigenvalue weighted by molar-refractivity contribution is 5.29. The summed E-state index contributed by atoms with van der Waals surface area (Å²) in [5.41, 5.74) is 3.10. The molecule has 1 saturated carbocycles. The average molecular weight is 287 g/mol. The van der Waals surface area contributed by atoms with Crippen molar-refractivity contribution in [1.82, 2.24) is 5.32 Å². The Hall–Kier alpha value is -0.820. The minimum Gasteiger partial charge on any atom is -0.310 e. The first kappa shape index (κ1) is 16.5. The average Bonchev–Trinajstić information content (AvgIpc) is 2.45. The first-order chi connectivity index (χ1) is 10.3. The standard InChI is InChI=1S/C20H33N/c1-3-5-6-7-14-20(21-15-4-2)19-13-9-12-18(16-19)17-10-8-11-17/h9,12-13,16-17,20-21H,3-8,10-11,14-15H2,1-2H3. The summed E-state index contributed by atoms with van der Waals surface area (Å²) in [5, 5.41) is 3.76. The SMILES string of the molecule is CCCCCCC(NCCC)c1cccc(C2CCC2)c1. The number of hydrogen-bond donors (Lipinski definition) is 1. The van der Waals surface area contributed by atoms with Gasteiger partial charge in [0.05, 0.1) is 0 Å². The fourth-order valence-electron chi connectivity index (χ4n) is 3.25. The lowest BCUT2D eigenvalue weighted by atomic mass is 9.79. The largest absolute Gasteiger partial charge is 0.310 e. The van der Waals surface area contributed by atoms with Gasteiger partial charge in [0, 0.05) is 6.04 Å². The van der Waals surface area contributed by atoms with Crippen LogP contribution in [-0.4, -0.2) is 6.54 Å². The van der Waals surface area contributed by atoms with Crippen molar-refractivity contribution in [3.63, 3.8) is 0 Å². The molecule has 1 fully saturated rings. The molecule has 0 radical (unpaired) electrons. The lowest BCUT2D eigenvalue weighted by molar-refractivity contribution is 0.418. The van der Waals surface area contributed by atoms with Crippen molar-refractivity contribution < 1.29 is 0 Å². The van der Waals surface area contributed by atoms with E-state index in [0.717, 1.165) is 12.5 Å². The summed E-state index contributed by atoms with van der Waals surface area (Å²) in [6, 6.07) is 9.98. The molecule has 0 aliphatic heterocycles. The normalized spacial score (nSPS) is 16.7. The molecular formula is C20H33N. The van der Waals surface area contributed by atoms with Gasteiger partial charge in [-0.1, -0.05) is 70.2 Å². The van der Waals surface area contributed by atoms with E-state index in [4.69, 9.17) is 0 Å². The van der Waals surface area contributed by atoms with Gasteiger partial charge in [-0.05, 0) is 49.3 Å². The zero-order valence-electron chi connectivity index (χ0n) is 14.0. The highest BCUT2D eigenvalue weighted by Crippen LogP contribution is 2.37. The monoisotopic (exact) mass is 287 g/mol. The van der Waals surface area contributed by atoms with Crippen LogP contribution >= 0.6 is 0 Å². The summed E-state index contributed by atoms with van der Waals surface area (Å²) in [4.78, 5) is 0. The van der Waals surface area contributed by atoms with Gasteiger partial charge in [0.25, 0.3) is 0 Å². The molecule has 21 heavy (non-hydrogen) atoms. The van der Waals surface area contributed by atoms with Crippen LogP contribution in [0.5, 0.6) is 0 Å². The predicted octanol–water partition coefficient (Wildman–Crippen LogP) is 5.97. The Labute approximate surface area is 131 Å². The number of unbranched alkanes of at least 4 members (excludes halogenated alkanes) is 3. The van der Waals surface area contributed by atoms with Gasteiger partial charge in [-0.25, -0.2) is 0 Å². The lowest BCUT2D eigenvalue weighted by Gasteiger charge is -2.27. The molecule has 1 heteroatoms. The van der Waals surface area contributed by atoms with E-state index in [2.05, 4.69) is 43.4 Å². The predicted molar refractivity (Wildman–Crippen MR) is 92.8 cm³/mol. The van der Waals surface area contributed by atoms with Crippen molar-refractivity contribution >= 4 is 0 Å². The van der Waals surface area contributed by atoms with Crippen molar-refractivity contribution in [3.8, 4) is 0 Å². The zero-order valence-corrected chi connectivity index (χ0v) is 14.0. The molecule has 0 amide bonds. The highest BCUT2D eigenvalue weighted by atomic mass is 14.9. The Kier molecular flexibility index (Phi) is 7.29. The first-order valence-corrected chi connectivity index (χ1v) is 9.18. The van der Waals surface area contributed by atoms with Crippen LogP contribution in [0.15, 0.2) is 24.3 Å². The summed E-state index contributed by atoms with van der Waals surface area (Å²) < 4.78 is 0. The van der Waals surface area contributed by atoms with Crippen molar-refractivity contribution in [3.05, 3.63) is 35.4 Å². The van der Waals surface area contributed by atoms with Crippen LogP contribution in [0.2, 0.25) is 0 Å². The molecule has 0 spiro atoms. The van der Waals surface area contributed by atoms with Crippen LogP contribution in [0.1, 0.15) is 94.7 Å². The topological polar surface area (TPSA) is 12.0 Å². The van der Waals surface area contributed by atoms with Crippen molar-refractivity contribution in [2.24, 2.45) is 0 Å². The van der Waals surface area contributed by atoms with Crippen LogP contribution in [0.4, 0.5) is 0 Å². The summed E-state index contributed by atoms with van der Waals surface area (Å²) in [6.45, 7) is 5.67. The number of rotatable bonds is 10. The second-order valence-electron chi connectivity index (χ2n) is 6.65. The summed E-state index contributed by atoms with van der Waals surface area (Å²) in [5.74, 6) is 0.844. The molecule has 1 nitrogen and oxygen atoms in total. The summed E-state index contributed by atoms with van der Waals surface area (Å²) in [7, 11) is 0. The molecule has 0 bridgehead atoms. The van der Waals surface area contributed by atoms with Gasteiger partial charge in [-0.3, -0.25) is 0 Å². The Morgan fingerprint density at radius 1 is 1.10 bits per heavy atom. The van der Waals surface area contributed by atoms with Crippen LogP contribution in [-0.2, 0) is 0 Å². The smallest absolute Gasteiger partial charge is 0.0320 e. The second-order valence-corrected chi connectivity index (χ2v) is 6.65. The van der Waals surface area contributed by atoms with Crippen molar-refractivity contribution in [2.75, 3.05) is 6.54 Å². The molecular weight excluding hydrogens is 254 g/mol. The minimum atomic E-state index is 0.557. The van der Waals surface area contributed by atoms with Gasteiger partial charge in [0.15, 0.2) is 0 Å². The molecule has 1 atom stereocenters. The Morgan fingerprint density at radius 2 is 1.95 bits per heavy atom. The van der Waals surface area contributed by atoms with E-state index in [-0.39, 0.29) is 0 Å². The molecule has 1 N–H and O–H groups in total. The molecule has 1 aromatic carbocycles. The maximum absolute atomic E-state index is 3.76. The van der Waals surface area contributed by atoms with E-state index in [9.17, 15) is 0 Å². The van der Waals surface area contributed by atoms with Gasteiger partial charge >= 0.3 is 0 Å². The van der Waals surface area contributed by atoms with Gasteiger partial charge in [0.1, 0.15) is 0 Å². The molecule has 0 heterocycles. The molecule has 0 saturated heterocycles. The minimum absolute atomic E-state index is 0.557. The van der Waals surface area contributed by atoms with Gasteiger partial charge < -0.3 is 5.32 Å². The number of benzene rings is 1. The maximum atomic E-state index is 3.76. The third kappa shape index (κ3) is 5.14. The molecule has 118 valence electrons. The lowest BCUT2D eigenvalue weighted by Crippen LogP contribution is -2.22. The Morgan fingerprint density at radius 3 is 2.62 bits per heavy atom. The molecule has 0 aromatic heterocycles. The highest BCUT2D eigenvalue weighted by Gasteiger charge is 2.20. The van der Waals surface area contributed by atoms with Crippen LogP contribution in [0.25, 0.3) is 0 Å².